The highest BCUT2D eigenvalue weighted by molar-refractivity contribution is 5.57. The van der Waals surface area contributed by atoms with Crippen LogP contribution in [0.2, 0.25) is 0 Å². The Balaban J connectivity index is 0.000000204. The molecule has 2 aromatic carbocycles. The molecule has 0 saturated heterocycles. The summed E-state index contributed by atoms with van der Waals surface area (Å²) in [5.74, 6) is -1.01. The molecule has 4 aromatic heterocycles. The molecule has 0 amide bonds. The number of benzene rings is 2. The van der Waals surface area contributed by atoms with Crippen molar-refractivity contribution in [1.82, 2.24) is 29.9 Å². The zero-order chi connectivity index (χ0) is 38.2. The van der Waals surface area contributed by atoms with E-state index in [1.807, 2.05) is 0 Å². The lowest BCUT2D eigenvalue weighted by Gasteiger charge is -2.14. The number of aromatic hydroxyl groups is 1. The zero-order valence-electron chi connectivity index (χ0n) is 27.7. The number of aromatic nitrogens is 6. The quantitative estimate of drug-likeness (QED) is 0.142. The van der Waals surface area contributed by atoms with Gasteiger partial charge in [0.1, 0.15) is 22.9 Å². The minimum atomic E-state index is -4.52. The van der Waals surface area contributed by atoms with Crippen LogP contribution in [0.25, 0.3) is 23.0 Å². The second kappa shape index (κ2) is 16.1. The van der Waals surface area contributed by atoms with Gasteiger partial charge in [0.15, 0.2) is 11.6 Å². The van der Waals surface area contributed by atoms with Crippen molar-refractivity contribution in [3.05, 3.63) is 108 Å². The van der Waals surface area contributed by atoms with E-state index in [1.165, 1.54) is 51.8 Å². The molecule has 0 unspecified atom stereocenters. The van der Waals surface area contributed by atoms with Gasteiger partial charge in [-0.05, 0) is 60.7 Å². The summed E-state index contributed by atoms with van der Waals surface area (Å²) in [5.41, 5.74) is -0.919. The smallest absolute Gasteiger partial charge is 0.416 e. The van der Waals surface area contributed by atoms with Crippen molar-refractivity contribution in [2.75, 3.05) is 21.3 Å². The number of hydrogen-bond donors (Lipinski definition) is 1. The first-order valence-corrected chi connectivity index (χ1v) is 15.0. The topological polar surface area (TPSA) is 144 Å². The third-order valence-corrected chi connectivity index (χ3v) is 6.75. The van der Waals surface area contributed by atoms with Gasteiger partial charge in [-0.15, -0.1) is 0 Å². The maximum atomic E-state index is 12.9. The second-order valence-corrected chi connectivity index (χ2v) is 10.3. The summed E-state index contributed by atoms with van der Waals surface area (Å²) in [5, 5.41) is 10.1. The largest absolute Gasteiger partial charge is 0.499 e. The monoisotopic (exact) mass is 740 g/mol. The zero-order valence-corrected chi connectivity index (χ0v) is 27.7. The number of rotatable bonds is 9. The molecule has 53 heavy (non-hydrogen) atoms. The highest BCUT2D eigenvalue weighted by Gasteiger charge is 2.32. The molecular formula is C35H26F6N6O6. The first-order chi connectivity index (χ1) is 25.3. The van der Waals surface area contributed by atoms with E-state index in [-0.39, 0.29) is 52.4 Å². The van der Waals surface area contributed by atoms with Gasteiger partial charge in [0.05, 0.1) is 32.5 Å². The van der Waals surface area contributed by atoms with Gasteiger partial charge in [-0.25, -0.2) is 0 Å². The maximum Gasteiger partial charge on any atom is 0.416 e. The van der Waals surface area contributed by atoms with E-state index in [0.29, 0.717) is 11.4 Å². The molecule has 0 saturated carbocycles. The fraction of sp³-hybridized carbons (Fsp3) is 0.143. The Labute approximate surface area is 296 Å². The highest BCUT2D eigenvalue weighted by Crippen LogP contribution is 2.40. The average molecular weight is 741 g/mol. The van der Waals surface area contributed by atoms with Gasteiger partial charge in [0.2, 0.25) is 11.5 Å². The fourth-order valence-corrected chi connectivity index (χ4v) is 4.33. The van der Waals surface area contributed by atoms with Crippen LogP contribution in [0, 0.1) is 0 Å². The summed E-state index contributed by atoms with van der Waals surface area (Å²) in [7, 11) is 4.00. The Morgan fingerprint density at radius 2 is 0.962 bits per heavy atom. The van der Waals surface area contributed by atoms with Crippen LogP contribution in [0.1, 0.15) is 11.1 Å². The Hall–Kier alpha value is -6.72. The lowest BCUT2D eigenvalue weighted by Crippen LogP contribution is -2.05. The van der Waals surface area contributed by atoms with Gasteiger partial charge in [-0.2, -0.15) is 46.3 Å². The summed E-state index contributed by atoms with van der Waals surface area (Å²) in [4.78, 5) is 24.7. The van der Waals surface area contributed by atoms with Crippen LogP contribution < -0.4 is 23.7 Å². The number of alkyl halides is 6. The van der Waals surface area contributed by atoms with Crippen molar-refractivity contribution in [2.45, 2.75) is 12.4 Å². The van der Waals surface area contributed by atoms with Crippen molar-refractivity contribution >= 4 is 0 Å². The summed E-state index contributed by atoms with van der Waals surface area (Å²) in [6, 6.07) is 18.8. The summed E-state index contributed by atoms with van der Waals surface area (Å²) < 4.78 is 104. The van der Waals surface area contributed by atoms with E-state index in [2.05, 4.69) is 29.9 Å². The molecule has 12 nitrogen and oxygen atoms in total. The number of halogens is 6. The number of methoxy groups -OCH3 is 3. The van der Waals surface area contributed by atoms with E-state index in [1.54, 1.807) is 42.6 Å². The molecule has 274 valence electrons. The molecule has 1 N–H and O–H groups in total. The standard InChI is InChI=1S/C18H14F3N3O3.C17H12F3N3O3/c1-25-14-16(26-2)23-15(13-8-3-4-9-22-13)24-17(14)27-12-7-5-6-11(10-12)18(19,20)21;1-25-15-13(24)16(23-14(22-15)12-7-2-3-8-21-12)26-11-6-4-5-10(9-11)17(18,19)20/h3-10H,1-2H3;2-9,24H,1H3. The number of pyridine rings is 2. The predicted molar refractivity (Wildman–Crippen MR) is 175 cm³/mol. The number of hydrogen-bond acceptors (Lipinski definition) is 12. The molecule has 4 heterocycles. The normalized spacial score (nSPS) is 11.2. The molecule has 0 aliphatic rings. The van der Waals surface area contributed by atoms with Crippen LogP contribution in [-0.4, -0.2) is 56.3 Å². The van der Waals surface area contributed by atoms with Crippen LogP contribution in [0.3, 0.4) is 0 Å². The number of ether oxygens (including phenoxy) is 5. The lowest BCUT2D eigenvalue weighted by atomic mass is 10.2. The summed E-state index contributed by atoms with van der Waals surface area (Å²) >= 11 is 0. The molecule has 0 aliphatic carbocycles. The van der Waals surface area contributed by atoms with Gasteiger partial charge in [-0.3, -0.25) is 9.97 Å². The minimum absolute atomic E-state index is 0.0505. The van der Waals surface area contributed by atoms with E-state index >= 15 is 0 Å². The first-order valence-electron chi connectivity index (χ1n) is 15.0. The van der Waals surface area contributed by atoms with Gasteiger partial charge in [0, 0.05) is 12.4 Å². The first kappa shape index (κ1) is 37.5. The van der Waals surface area contributed by atoms with E-state index in [0.717, 1.165) is 24.3 Å². The molecule has 6 rings (SSSR count). The van der Waals surface area contributed by atoms with E-state index in [4.69, 9.17) is 23.7 Å². The van der Waals surface area contributed by atoms with Crippen LogP contribution in [0.5, 0.6) is 46.5 Å². The molecular weight excluding hydrogens is 714 g/mol. The summed E-state index contributed by atoms with van der Waals surface area (Å²) in [6.07, 6.45) is -5.94. The van der Waals surface area contributed by atoms with Gasteiger partial charge >= 0.3 is 12.4 Å². The second-order valence-electron chi connectivity index (χ2n) is 10.3. The van der Waals surface area contributed by atoms with Crippen LogP contribution in [-0.2, 0) is 12.4 Å². The third kappa shape index (κ3) is 9.34. The van der Waals surface area contributed by atoms with Crippen LogP contribution in [0.15, 0.2) is 97.3 Å². The van der Waals surface area contributed by atoms with Crippen LogP contribution in [0.4, 0.5) is 26.3 Å². The molecule has 0 spiro atoms. The van der Waals surface area contributed by atoms with Crippen molar-refractivity contribution in [3.63, 3.8) is 0 Å². The van der Waals surface area contributed by atoms with Gasteiger partial charge in [-0.1, -0.05) is 24.3 Å². The Kier molecular flexibility index (Phi) is 11.4. The highest BCUT2D eigenvalue weighted by atomic mass is 19.4. The average Bonchev–Trinajstić information content (AvgIpc) is 3.16. The Morgan fingerprint density at radius 3 is 1.40 bits per heavy atom. The van der Waals surface area contributed by atoms with Crippen molar-refractivity contribution in [3.8, 4) is 69.6 Å². The Morgan fingerprint density at radius 1 is 0.509 bits per heavy atom. The van der Waals surface area contributed by atoms with Crippen molar-refractivity contribution in [2.24, 2.45) is 0 Å². The summed E-state index contributed by atoms with van der Waals surface area (Å²) in [6.45, 7) is 0. The maximum absolute atomic E-state index is 12.9. The minimum Gasteiger partial charge on any atom is -0.499 e. The van der Waals surface area contributed by atoms with E-state index < -0.39 is 29.2 Å². The molecule has 0 atom stereocenters. The molecule has 0 bridgehead atoms. The fourth-order valence-electron chi connectivity index (χ4n) is 4.33. The van der Waals surface area contributed by atoms with Gasteiger partial charge in [0.25, 0.3) is 23.5 Å². The van der Waals surface area contributed by atoms with E-state index in [9.17, 15) is 31.4 Å². The van der Waals surface area contributed by atoms with Crippen molar-refractivity contribution < 1.29 is 55.1 Å². The van der Waals surface area contributed by atoms with Gasteiger partial charge < -0.3 is 28.8 Å². The molecule has 18 heteroatoms. The number of nitrogens with zero attached hydrogens (tertiary/aromatic N) is 6. The third-order valence-electron chi connectivity index (χ3n) is 6.75. The predicted octanol–water partition coefficient (Wildman–Crippen LogP) is 8.43. The molecule has 0 fully saturated rings. The van der Waals surface area contributed by atoms with Crippen LogP contribution >= 0.6 is 0 Å². The molecule has 0 radical (unpaired) electrons. The molecule has 6 aromatic rings. The SMILES string of the molecule is COc1nc(-c2ccccn2)nc(Oc2cccc(C(F)(F)F)c2)c1O.COc1nc(-c2ccccn2)nc(Oc2cccc(C(F)(F)F)c2)c1OC. The molecule has 0 aliphatic heterocycles. The van der Waals surface area contributed by atoms with Crippen molar-refractivity contribution in [1.29, 1.82) is 0 Å². The Bertz CT molecular complexity index is 2160. The lowest BCUT2D eigenvalue weighted by molar-refractivity contribution is -0.138.